The minimum atomic E-state index is -4.08. The third kappa shape index (κ3) is 2.59. The van der Waals surface area contributed by atoms with E-state index in [4.69, 9.17) is 10.3 Å². The van der Waals surface area contributed by atoms with Gasteiger partial charge in [0.15, 0.2) is 11.6 Å². The van der Waals surface area contributed by atoms with Crippen molar-refractivity contribution >= 4 is 21.7 Å². The van der Waals surface area contributed by atoms with Crippen LogP contribution in [0.1, 0.15) is 37.4 Å². The molecule has 3 nitrogen and oxygen atoms in total. The van der Waals surface area contributed by atoms with Gasteiger partial charge >= 0.3 is 6.18 Å². The second-order valence-electron chi connectivity index (χ2n) is 4.34. The van der Waals surface area contributed by atoms with Crippen molar-refractivity contribution in [1.29, 1.82) is 0 Å². The Morgan fingerprint density at radius 1 is 1.24 bits per heavy atom. The molecule has 0 unspecified atom stereocenters. The number of alkyl halides is 3. The SMILES string of the molecule is Nc1noc(C2CCC(C(F)(F)F)CC2)c1Br. The maximum atomic E-state index is 12.5. The Balaban J connectivity index is 2.02. The molecule has 0 spiro atoms. The lowest BCUT2D eigenvalue weighted by Crippen LogP contribution is -2.27. The van der Waals surface area contributed by atoms with Crippen LogP contribution >= 0.6 is 15.9 Å². The Labute approximate surface area is 105 Å². The molecule has 2 rings (SSSR count). The molecule has 96 valence electrons. The summed E-state index contributed by atoms with van der Waals surface area (Å²) in [5.41, 5.74) is 5.51. The van der Waals surface area contributed by atoms with Crippen LogP contribution in [0.2, 0.25) is 0 Å². The number of halogens is 4. The summed E-state index contributed by atoms with van der Waals surface area (Å²) in [6.07, 6.45) is -2.89. The summed E-state index contributed by atoms with van der Waals surface area (Å²) < 4.78 is 43.1. The van der Waals surface area contributed by atoms with Gasteiger partial charge < -0.3 is 10.3 Å². The van der Waals surface area contributed by atoms with Gasteiger partial charge in [-0.3, -0.25) is 0 Å². The van der Waals surface area contributed by atoms with Crippen LogP contribution in [-0.2, 0) is 0 Å². The van der Waals surface area contributed by atoms with Gasteiger partial charge in [0.25, 0.3) is 0 Å². The fraction of sp³-hybridized carbons (Fsp3) is 0.700. The molecular formula is C10H12BrF3N2O. The van der Waals surface area contributed by atoms with Crippen LogP contribution in [0.15, 0.2) is 9.00 Å². The van der Waals surface area contributed by atoms with E-state index >= 15 is 0 Å². The molecule has 0 saturated heterocycles. The molecule has 1 aromatic rings. The monoisotopic (exact) mass is 312 g/mol. The van der Waals surface area contributed by atoms with Gasteiger partial charge in [-0.1, -0.05) is 5.16 Å². The zero-order chi connectivity index (χ0) is 12.6. The van der Waals surface area contributed by atoms with Crippen LogP contribution < -0.4 is 5.73 Å². The van der Waals surface area contributed by atoms with Crippen molar-refractivity contribution in [2.45, 2.75) is 37.8 Å². The summed E-state index contributed by atoms with van der Waals surface area (Å²) >= 11 is 3.24. The first kappa shape index (κ1) is 12.7. The number of hydrogen-bond acceptors (Lipinski definition) is 3. The maximum Gasteiger partial charge on any atom is 0.391 e. The quantitative estimate of drug-likeness (QED) is 0.856. The molecule has 0 amide bonds. The van der Waals surface area contributed by atoms with Crippen LogP contribution in [0.3, 0.4) is 0 Å². The Hall–Kier alpha value is -0.720. The standard InChI is InChI=1S/C10H12BrF3N2O/c11-7-8(17-16-9(7)15)5-1-3-6(4-2-5)10(12,13)14/h5-6H,1-4H2,(H2,15,16). The first-order chi connectivity index (χ1) is 7.89. The van der Waals surface area contributed by atoms with E-state index < -0.39 is 12.1 Å². The van der Waals surface area contributed by atoms with Crippen molar-refractivity contribution in [2.24, 2.45) is 5.92 Å². The molecule has 0 aromatic carbocycles. The van der Waals surface area contributed by atoms with Crippen LogP contribution in [0.4, 0.5) is 19.0 Å². The Kier molecular flexibility index (Phi) is 3.38. The number of nitrogen functional groups attached to an aromatic ring is 1. The van der Waals surface area contributed by atoms with Gasteiger partial charge in [-0.2, -0.15) is 13.2 Å². The molecule has 1 aliphatic rings. The minimum absolute atomic E-state index is 0.0206. The van der Waals surface area contributed by atoms with Gasteiger partial charge in [-0.25, -0.2) is 0 Å². The summed E-state index contributed by atoms with van der Waals surface area (Å²) in [6, 6.07) is 0. The molecule has 1 heterocycles. The predicted octanol–water partition coefficient (Wildman–Crippen LogP) is 3.86. The number of nitrogens with zero attached hydrogens (tertiary/aromatic N) is 1. The summed E-state index contributed by atoms with van der Waals surface area (Å²) in [5, 5.41) is 3.59. The van der Waals surface area contributed by atoms with E-state index in [1.165, 1.54) is 0 Å². The topological polar surface area (TPSA) is 52.0 Å². The lowest BCUT2D eigenvalue weighted by atomic mass is 9.80. The number of nitrogens with two attached hydrogens (primary N) is 1. The number of aromatic nitrogens is 1. The van der Waals surface area contributed by atoms with Gasteiger partial charge in [0.1, 0.15) is 4.47 Å². The summed E-state index contributed by atoms with van der Waals surface area (Å²) in [6.45, 7) is 0. The Morgan fingerprint density at radius 3 is 2.24 bits per heavy atom. The van der Waals surface area contributed by atoms with Crippen LogP contribution in [0, 0.1) is 5.92 Å². The highest BCUT2D eigenvalue weighted by molar-refractivity contribution is 9.10. The van der Waals surface area contributed by atoms with Crippen molar-refractivity contribution in [2.75, 3.05) is 5.73 Å². The van der Waals surface area contributed by atoms with E-state index in [0.717, 1.165) is 0 Å². The maximum absolute atomic E-state index is 12.5. The Bertz CT molecular complexity index is 397. The molecule has 2 N–H and O–H groups in total. The van der Waals surface area contributed by atoms with Crippen LogP contribution in [0.5, 0.6) is 0 Å². The second-order valence-corrected chi connectivity index (χ2v) is 5.13. The van der Waals surface area contributed by atoms with E-state index in [1.807, 2.05) is 0 Å². The van der Waals surface area contributed by atoms with Gasteiger partial charge in [0.05, 0.1) is 5.92 Å². The third-order valence-corrected chi connectivity index (χ3v) is 4.04. The van der Waals surface area contributed by atoms with Gasteiger partial charge in [-0.05, 0) is 41.6 Å². The molecule has 0 aliphatic heterocycles. The molecule has 17 heavy (non-hydrogen) atoms. The van der Waals surface area contributed by atoms with Crippen LogP contribution in [0.25, 0.3) is 0 Å². The van der Waals surface area contributed by atoms with E-state index in [-0.39, 0.29) is 24.6 Å². The highest BCUT2D eigenvalue weighted by Gasteiger charge is 2.42. The fourth-order valence-corrected chi connectivity index (χ4v) is 2.71. The first-order valence-corrected chi connectivity index (χ1v) is 6.16. The molecule has 1 fully saturated rings. The van der Waals surface area contributed by atoms with Crippen molar-refractivity contribution in [3.05, 3.63) is 10.2 Å². The molecule has 0 atom stereocenters. The van der Waals surface area contributed by atoms with E-state index in [0.29, 0.717) is 23.1 Å². The summed E-state index contributed by atoms with van der Waals surface area (Å²) in [5.74, 6) is -0.383. The molecule has 1 aromatic heterocycles. The lowest BCUT2D eigenvalue weighted by Gasteiger charge is -2.28. The zero-order valence-corrected chi connectivity index (χ0v) is 10.5. The molecule has 7 heteroatoms. The van der Waals surface area contributed by atoms with Crippen molar-refractivity contribution in [1.82, 2.24) is 5.16 Å². The van der Waals surface area contributed by atoms with Gasteiger partial charge in [-0.15, -0.1) is 0 Å². The van der Waals surface area contributed by atoms with Gasteiger partial charge in [0, 0.05) is 5.92 Å². The highest BCUT2D eigenvalue weighted by Crippen LogP contribution is 2.44. The van der Waals surface area contributed by atoms with Crippen molar-refractivity contribution in [3.8, 4) is 0 Å². The van der Waals surface area contributed by atoms with E-state index in [1.54, 1.807) is 0 Å². The summed E-state index contributed by atoms with van der Waals surface area (Å²) in [4.78, 5) is 0. The smallest absolute Gasteiger partial charge is 0.380 e. The van der Waals surface area contributed by atoms with Crippen molar-refractivity contribution < 1.29 is 17.7 Å². The molecule has 0 bridgehead atoms. The average Bonchev–Trinajstić information content (AvgIpc) is 2.59. The van der Waals surface area contributed by atoms with E-state index in [9.17, 15) is 13.2 Å². The molecule has 1 saturated carbocycles. The van der Waals surface area contributed by atoms with Gasteiger partial charge in [0.2, 0.25) is 0 Å². The van der Waals surface area contributed by atoms with Crippen LogP contribution in [-0.4, -0.2) is 11.3 Å². The average molecular weight is 313 g/mol. The highest BCUT2D eigenvalue weighted by atomic mass is 79.9. The fourth-order valence-electron chi connectivity index (χ4n) is 2.24. The lowest BCUT2D eigenvalue weighted by molar-refractivity contribution is -0.182. The largest absolute Gasteiger partial charge is 0.391 e. The zero-order valence-electron chi connectivity index (χ0n) is 8.93. The van der Waals surface area contributed by atoms with E-state index in [2.05, 4.69) is 21.1 Å². The normalized spacial score (nSPS) is 26.1. The molecule has 0 radical (unpaired) electrons. The minimum Gasteiger partial charge on any atom is -0.380 e. The first-order valence-electron chi connectivity index (χ1n) is 5.37. The summed E-state index contributed by atoms with van der Waals surface area (Å²) in [7, 11) is 0. The number of anilines is 1. The third-order valence-electron chi connectivity index (χ3n) is 3.24. The van der Waals surface area contributed by atoms with Crippen molar-refractivity contribution in [3.63, 3.8) is 0 Å². The molecule has 1 aliphatic carbocycles. The number of rotatable bonds is 1. The predicted molar refractivity (Wildman–Crippen MR) is 59.4 cm³/mol. The number of hydrogen-bond donors (Lipinski definition) is 1. The molecular weight excluding hydrogens is 301 g/mol. The Morgan fingerprint density at radius 2 is 1.82 bits per heavy atom. The second kappa shape index (κ2) is 4.51.